The van der Waals surface area contributed by atoms with Gasteiger partial charge in [-0.3, -0.25) is 4.79 Å². The fourth-order valence-electron chi connectivity index (χ4n) is 1.26. The molecule has 0 bridgehead atoms. The van der Waals surface area contributed by atoms with Crippen molar-refractivity contribution >= 4 is 17.7 Å². The second-order valence-electron chi connectivity index (χ2n) is 4.74. The molecule has 0 aromatic heterocycles. The van der Waals surface area contributed by atoms with Crippen molar-refractivity contribution in [1.29, 1.82) is 0 Å². The summed E-state index contributed by atoms with van der Waals surface area (Å²) in [5, 5.41) is 19.3. The Morgan fingerprint density at radius 2 is 1.76 bits per heavy atom. The first kappa shape index (κ1) is 14.1. The molecule has 1 atom stereocenters. The van der Waals surface area contributed by atoms with E-state index in [1.54, 1.807) is 20.8 Å². The summed E-state index contributed by atoms with van der Waals surface area (Å²) in [5.41, 5.74) is -0.216. The summed E-state index contributed by atoms with van der Waals surface area (Å²) >= 11 is 1.24. The van der Waals surface area contributed by atoms with Crippen molar-refractivity contribution in [3.8, 4) is 0 Å². The zero-order valence-electron chi connectivity index (χ0n) is 10.3. The molecular formula is C13H18O3S. The summed E-state index contributed by atoms with van der Waals surface area (Å²) in [6.45, 7) is 4.98. The molecule has 0 saturated heterocycles. The molecule has 0 aliphatic heterocycles. The van der Waals surface area contributed by atoms with Crippen molar-refractivity contribution in [3.05, 3.63) is 35.9 Å². The molecule has 0 spiro atoms. The zero-order chi connectivity index (χ0) is 13.1. The number of carboxylic acid groups (broad SMARTS) is 1. The van der Waals surface area contributed by atoms with Gasteiger partial charge in [-0.2, -0.15) is 0 Å². The number of thioether (sulfide) groups is 1. The van der Waals surface area contributed by atoms with Crippen LogP contribution < -0.4 is 0 Å². The molecule has 2 N–H and O–H groups in total. The highest BCUT2D eigenvalue weighted by molar-refractivity contribution is 8.01. The maximum atomic E-state index is 11.0. The van der Waals surface area contributed by atoms with Crippen molar-refractivity contribution < 1.29 is 15.0 Å². The molecule has 1 rings (SSSR count). The van der Waals surface area contributed by atoms with Crippen LogP contribution in [0, 0.1) is 0 Å². The SMILES string of the molecule is CC(C)(SCC(C)(O)c1ccccc1)C(=O)O. The van der Waals surface area contributed by atoms with Gasteiger partial charge < -0.3 is 10.2 Å². The van der Waals surface area contributed by atoms with Crippen molar-refractivity contribution in [3.63, 3.8) is 0 Å². The summed E-state index contributed by atoms with van der Waals surface area (Å²) in [6.07, 6.45) is 0. The molecule has 0 aliphatic carbocycles. The van der Waals surface area contributed by atoms with Gasteiger partial charge in [-0.05, 0) is 26.3 Å². The van der Waals surface area contributed by atoms with Gasteiger partial charge in [-0.25, -0.2) is 0 Å². The van der Waals surface area contributed by atoms with Crippen LogP contribution >= 0.6 is 11.8 Å². The zero-order valence-corrected chi connectivity index (χ0v) is 11.1. The predicted octanol–water partition coefficient (Wildman–Crippen LogP) is 2.49. The van der Waals surface area contributed by atoms with E-state index in [-0.39, 0.29) is 0 Å². The highest BCUT2D eigenvalue weighted by Crippen LogP contribution is 2.32. The van der Waals surface area contributed by atoms with Gasteiger partial charge in [0, 0.05) is 5.75 Å². The van der Waals surface area contributed by atoms with E-state index in [2.05, 4.69) is 0 Å². The van der Waals surface area contributed by atoms with Gasteiger partial charge in [0.15, 0.2) is 0 Å². The Kier molecular flexibility index (Phi) is 4.22. The van der Waals surface area contributed by atoms with Crippen LogP contribution in [0.1, 0.15) is 26.3 Å². The minimum Gasteiger partial charge on any atom is -0.480 e. The third-order valence-electron chi connectivity index (χ3n) is 2.62. The quantitative estimate of drug-likeness (QED) is 0.847. The Bertz CT molecular complexity index is 385. The third-order valence-corrected chi connectivity index (χ3v) is 4.23. The van der Waals surface area contributed by atoms with Gasteiger partial charge in [0.25, 0.3) is 0 Å². The molecule has 1 aromatic rings. The Morgan fingerprint density at radius 3 is 2.24 bits per heavy atom. The molecule has 4 heteroatoms. The van der Waals surface area contributed by atoms with Gasteiger partial charge in [0.05, 0.1) is 5.60 Å². The lowest BCUT2D eigenvalue weighted by molar-refractivity contribution is -0.138. The topological polar surface area (TPSA) is 57.5 Å². The Balaban J connectivity index is 2.72. The molecular weight excluding hydrogens is 236 g/mol. The van der Waals surface area contributed by atoms with E-state index >= 15 is 0 Å². The summed E-state index contributed by atoms with van der Waals surface area (Å²) in [4.78, 5) is 11.0. The molecule has 0 amide bonds. The lowest BCUT2D eigenvalue weighted by atomic mass is 9.99. The van der Waals surface area contributed by atoms with E-state index in [0.29, 0.717) is 5.75 Å². The second-order valence-corrected chi connectivity index (χ2v) is 6.34. The molecule has 1 aromatic carbocycles. The van der Waals surface area contributed by atoms with Crippen LogP contribution in [0.2, 0.25) is 0 Å². The van der Waals surface area contributed by atoms with Crippen LogP contribution in [-0.2, 0) is 10.4 Å². The minimum atomic E-state index is -1.02. The number of aliphatic hydroxyl groups is 1. The van der Waals surface area contributed by atoms with Crippen molar-refractivity contribution in [2.24, 2.45) is 0 Å². The molecule has 0 fully saturated rings. The van der Waals surface area contributed by atoms with E-state index in [0.717, 1.165) is 5.56 Å². The van der Waals surface area contributed by atoms with Gasteiger partial charge in [-0.1, -0.05) is 30.3 Å². The largest absolute Gasteiger partial charge is 0.480 e. The number of hydrogen-bond donors (Lipinski definition) is 2. The maximum Gasteiger partial charge on any atom is 0.319 e. The third kappa shape index (κ3) is 3.75. The Hall–Kier alpha value is -1.00. The smallest absolute Gasteiger partial charge is 0.319 e. The minimum absolute atomic E-state index is 0.344. The molecule has 0 aliphatic rings. The molecule has 0 radical (unpaired) electrons. The summed E-state index contributed by atoms with van der Waals surface area (Å²) in [7, 11) is 0. The van der Waals surface area contributed by atoms with E-state index in [4.69, 9.17) is 5.11 Å². The number of hydrogen-bond acceptors (Lipinski definition) is 3. The van der Waals surface area contributed by atoms with Gasteiger partial charge in [0.1, 0.15) is 4.75 Å². The van der Waals surface area contributed by atoms with Crippen LogP contribution in [-0.4, -0.2) is 26.7 Å². The molecule has 3 nitrogen and oxygen atoms in total. The highest BCUT2D eigenvalue weighted by atomic mass is 32.2. The van der Waals surface area contributed by atoms with E-state index in [9.17, 15) is 9.90 Å². The lowest BCUT2D eigenvalue weighted by Gasteiger charge is -2.27. The monoisotopic (exact) mass is 254 g/mol. The van der Waals surface area contributed by atoms with Gasteiger partial charge >= 0.3 is 5.97 Å². The molecule has 1 unspecified atom stereocenters. The summed E-state index contributed by atoms with van der Waals surface area (Å²) in [5.74, 6) is -0.526. The van der Waals surface area contributed by atoms with E-state index < -0.39 is 16.3 Å². The fraction of sp³-hybridized carbons (Fsp3) is 0.462. The molecule has 17 heavy (non-hydrogen) atoms. The standard InChI is InChI=1S/C13H18O3S/c1-12(2,11(14)15)17-9-13(3,16)10-7-5-4-6-8-10/h4-8,16H,9H2,1-3H3,(H,14,15). The van der Waals surface area contributed by atoms with Crippen molar-refractivity contribution in [1.82, 2.24) is 0 Å². The van der Waals surface area contributed by atoms with E-state index in [1.807, 2.05) is 30.3 Å². The maximum absolute atomic E-state index is 11.0. The highest BCUT2D eigenvalue weighted by Gasteiger charge is 2.32. The van der Waals surface area contributed by atoms with Crippen molar-refractivity contribution in [2.75, 3.05) is 5.75 Å². The number of carbonyl (C=O) groups is 1. The molecule has 0 saturated carbocycles. The number of rotatable bonds is 5. The number of aliphatic carboxylic acids is 1. The number of benzene rings is 1. The average Bonchev–Trinajstić information content (AvgIpc) is 2.28. The summed E-state index contributed by atoms with van der Waals surface area (Å²) < 4.78 is -0.890. The normalized spacial score (nSPS) is 15.3. The lowest BCUT2D eigenvalue weighted by Crippen LogP contribution is -2.32. The van der Waals surface area contributed by atoms with E-state index in [1.165, 1.54) is 11.8 Å². The molecule has 0 heterocycles. The average molecular weight is 254 g/mol. The van der Waals surface area contributed by atoms with Crippen LogP contribution in [0.5, 0.6) is 0 Å². The van der Waals surface area contributed by atoms with Crippen molar-refractivity contribution in [2.45, 2.75) is 31.1 Å². The van der Waals surface area contributed by atoms with Crippen LogP contribution in [0.15, 0.2) is 30.3 Å². The van der Waals surface area contributed by atoms with Gasteiger partial charge in [-0.15, -0.1) is 11.8 Å². The Morgan fingerprint density at radius 1 is 1.24 bits per heavy atom. The van der Waals surface area contributed by atoms with Crippen LogP contribution in [0.25, 0.3) is 0 Å². The number of carboxylic acids is 1. The molecule has 94 valence electrons. The summed E-state index contributed by atoms with van der Waals surface area (Å²) in [6, 6.07) is 9.28. The predicted molar refractivity (Wildman–Crippen MR) is 70.2 cm³/mol. The van der Waals surface area contributed by atoms with Gasteiger partial charge in [0.2, 0.25) is 0 Å². The van der Waals surface area contributed by atoms with Crippen LogP contribution in [0.4, 0.5) is 0 Å². The second kappa shape index (κ2) is 5.10. The van der Waals surface area contributed by atoms with Crippen LogP contribution in [0.3, 0.4) is 0 Å². The first-order valence-corrected chi connectivity index (χ1v) is 6.39. The Labute approximate surface area is 106 Å². The fourth-order valence-corrected chi connectivity index (χ4v) is 2.20. The first-order valence-electron chi connectivity index (χ1n) is 5.41. The first-order chi connectivity index (χ1) is 7.76.